The van der Waals surface area contributed by atoms with Crippen LogP contribution in [0.3, 0.4) is 0 Å². The maximum Gasteiger partial charge on any atom is 0.495 e. The zero-order valence-corrected chi connectivity index (χ0v) is 9.56. The van der Waals surface area contributed by atoms with Crippen LogP contribution in [-0.4, -0.2) is 26.6 Å². The topological polar surface area (TPSA) is 127 Å². The Morgan fingerprint density at radius 2 is 2.00 bits per heavy atom. The van der Waals surface area contributed by atoms with Crippen molar-refractivity contribution in [2.24, 2.45) is 0 Å². The van der Waals surface area contributed by atoms with Gasteiger partial charge in [-0.3, -0.25) is 0 Å². The normalized spacial score (nSPS) is 10.9. The van der Waals surface area contributed by atoms with Crippen LogP contribution in [0.5, 0.6) is 11.5 Å². The van der Waals surface area contributed by atoms with E-state index in [0.717, 1.165) is 12.1 Å². The number of rotatable bonds is 5. The van der Waals surface area contributed by atoms with Gasteiger partial charge in [0.2, 0.25) is 0 Å². The number of carboxylic acids is 1. The Labute approximate surface area is 96.8 Å². The average Bonchev–Trinajstić information content (AvgIpc) is 2.29. The van der Waals surface area contributed by atoms with Crippen molar-refractivity contribution in [3.8, 4) is 11.5 Å². The quantitative estimate of drug-likeness (QED) is 0.666. The first-order valence-corrected chi connectivity index (χ1v) is 5.52. The third kappa shape index (κ3) is 3.31. The minimum Gasteiger partial charge on any atom is -0.493 e. The monoisotopic (exact) mass is 264 g/mol. The van der Waals surface area contributed by atoms with Crippen molar-refractivity contribution < 1.29 is 37.4 Å². The van der Waals surface area contributed by atoms with Crippen molar-refractivity contribution in [3.05, 3.63) is 23.8 Å². The Morgan fingerprint density at radius 3 is 2.47 bits per heavy atom. The van der Waals surface area contributed by atoms with Crippen LogP contribution in [0.25, 0.3) is 0 Å². The lowest BCUT2D eigenvalue weighted by Crippen LogP contribution is -2.52. The minimum atomic E-state index is -4.28. The predicted molar refractivity (Wildman–Crippen MR) is 53.5 cm³/mol. The number of methoxy groups -OCH3 is 1. The molecule has 0 aromatic heterocycles. The molecule has 0 radical (unpaired) electrons. The molecule has 0 saturated carbocycles. The Morgan fingerprint density at radius 1 is 1.35 bits per heavy atom. The Hall–Kier alpha value is -1.84. The largest absolute Gasteiger partial charge is 0.495 e. The van der Waals surface area contributed by atoms with E-state index in [4.69, 9.17) is 9.84 Å². The number of aromatic carboxylic acids is 1. The molecule has 0 heterocycles. The van der Waals surface area contributed by atoms with Crippen molar-refractivity contribution in [2.75, 3.05) is 7.11 Å². The van der Waals surface area contributed by atoms with Crippen molar-refractivity contribution >= 4 is 16.4 Å². The van der Waals surface area contributed by atoms with Gasteiger partial charge in [0.05, 0.1) is 12.7 Å². The van der Waals surface area contributed by atoms with Gasteiger partial charge < -0.3 is 14.0 Å². The van der Waals surface area contributed by atoms with Crippen LogP contribution in [-0.2, 0) is 14.7 Å². The Kier molecular flexibility index (Phi) is 3.89. The second kappa shape index (κ2) is 4.99. The second-order valence-electron chi connectivity index (χ2n) is 2.78. The van der Waals surface area contributed by atoms with Crippen LogP contribution >= 0.6 is 0 Å². The Balaban J connectivity index is 3.14. The molecule has 4 N–H and O–H groups in total. The van der Waals surface area contributed by atoms with Gasteiger partial charge in [-0.05, 0) is 22.5 Å². The summed E-state index contributed by atoms with van der Waals surface area (Å²) >= 11 is 0. The van der Waals surface area contributed by atoms with Crippen molar-refractivity contribution in [1.82, 2.24) is 0 Å². The summed E-state index contributed by atoms with van der Waals surface area (Å²) in [7, 11) is -3.04. The second-order valence-corrected chi connectivity index (χ2v) is 4.00. The highest BCUT2D eigenvalue weighted by Gasteiger charge is 2.19. The molecule has 9 heteroatoms. The van der Waals surface area contributed by atoms with Gasteiger partial charge in [0.25, 0.3) is 0 Å². The van der Waals surface area contributed by atoms with Crippen molar-refractivity contribution in [1.29, 1.82) is 0 Å². The number of ether oxygens (including phenoxy) is 1. The number of quaternary nitrogens is 1. The third-order valence-corrected chi connectivity index (χ3v) is 2.42. The summed E-state index contributed by atoms with van der Waals surface area (Å²) in [6.45, 7) is 0. The van der Waals surface area contributed by atoms with Crippen LogP contribution in [0.4, 0.5) is 0 Å². The molecule has 8 nitrogen and oxygen atoms in total. The summed E-state index contributed by atoms with van der Waals surface area (Å²) in [6, 6.07) is 3.42. The average molecular weight is 264 g/mol. The van der Waals surface area contributed by atoms with Crippen LogP contribution in [0, 0.1) is 0 Å². The molecule has 0 atom stereocenters. The van der Waals surface area contributed by atoms with Gasteiger partial charge in [-0.1, -0.05) is 0 Å². The van der Waals surface area contributed by atoms with Gasteiger partial charge in [0.15, 0.2) is 11.5 Å². The molecule has 94 valence electrons. The molecule has 0 aliphatic heterocycles. The highest BCUT2D eigenvalue weighted by Crippen LogP contribution is 2.29. The van der Waals surface area contributed by atoms with Crippen LogP contribution in [0.2, 0.25) is 0 Å². The van der Waals surface area contributed by atoms with Crippen LogP contribution in [0.1, 0.15) is 10.4 Å². The zero-order valence-electron chi connectivity index (χ0n) is 8.74. The summed E-state index contributed by atoms with van der Waals surface area (Å²) < 4.78 is 35.1. The zero-order chi connectivity index (χ0) is 13.1. The van der Waals surface area contributed by atoms with E-state index in [2.05, 4.69) is 14.4 Å². The number of carboxylic acid groups (broad SMARTS) is 1. The van der Waals surface area contributed by atoms with Gasteiger partial charge in [-0.2, -0.15) is 14.3 Å². The minimum absolute atomic E-state index is 0.0504. The molecule has 0 saturated heterocycles. The van der Waals surface area contributed by atoms with E-state index in [1.54, 1.807) is 0 Å². The van der Waals surface area contributed by atoms with E-state index in [9.17, 15) is 13.2 Å². The molecule has 0 bridgehead atoms. The fourth-order valence-corrected chi connectivity index (χ4v) is 1.41. The first kappa shape index (κ1) is 13.2. The molecular weight excluding hydrogens is 254 g/mol. The number of hydrogen-bond acceptors (Lipinski definition) is 6. The van der Waals surface area contributed by atoms with Crippen LogP contribution < -0.4 is 14.8 Å². The lowest BCUT2D eigenvalue weighted by atomic mass is 10.2. The lowest BCUT2D eigenvalue weighted by Gasteiger charge is -2.08. The summed E-state index contributed by atoms with van der Waals surface area (Å²) in [5.74, 6) is 1.29. The molecule has 0 fully saturated rings. The van der Waals surface area contributed by atoms with E-state index in [-0.39, 0.29) is 17.1 Å². The smallest absolute Gasteiger partial charge is 0.493 e. The highest BCUT2D eigenvalue weighted by molar-refractivity contribution is 7.82. The SMILES string of the molecule is COc1cc(C(=O)O)ccc1OS(=O)(=O)O[NH3+]. The molecule has 17 heavy (non-hydrogen) atoms. The molecule has 1 aromatic rings. The van der Waals surface area contributed by atoms with Crippen LogP contribution in [0.15, 0.2) is 18.2 Å². The maximum absolute atomic E-state index is 11.0. The van der Waals surface area contributed by atoms with Crippen molar-refractivity contribution in [3.63, 3.8) is 0 Å². The fourth-order valence-electron chi connectivity index (χ4n) is 1.00. The predicted octanol–water partition coefficient (Wildman–Crippen LogP) is -0.809. The van der Waals surface area contributed by atoms with Gasteiger partial charge in [0.1, 0.15) is 0 Å². The Bertz CT molecular complexity index is 525. The number of hydrogen-bond donors (Lipinski definition) is 2. The van der Waals surface area contributed by atoms with E-state index in [1.807, 2.05) is 0 Å². The molecule has 0 aliphatic carbocycles. The lowest BCUT2D eigenvalue weighted by molar-refractivity contribution is -0.636. The maximum atomic E-state index is 11.0. The van der Waals surface area contributed by atoms with E-state index >= 15 is 0 Å². The van der Waals surface area contributed by atoms with E-state index in [0.29, 0.717) is 0 Å². The van der Waals surface area contributed by atoms with Gasteiger partial charge in [-0.15, -0.1) is 0 Å². The van der Waals surface area contributed by atoms with Gasteiger partial charge in [-0.25, -0.2) is 4.79 Å². The number of carbonyl (C=O) groups is 1. The number of benzene rings is 1. The molecule has 0 unspecified atom stereocenters. The summed E-state index contributed by atoms with van der Waals surface area (Å²) in [4.78, 5) is 10.7. The molecular formula is C8H10NO7S+. The fraction of sp³-hybridized carbons (Fsp3) is 0.125. The molecule has 1 rings (SSSR count). The van der Waals surface area contributed by atoms with Gasteiger partial charge >= 0.3 is 16.4 Å². The van der Waals surface area contributed by atoms with E-state index < -0.39 is 16.4 Å². The highest BCUT2D eigenvalue weighted by atomic mass is 32.3. The van der Waals surface area contributed by atoms with E-state index in [1.165, 1.54) is 13.2 Å². The molecule has 0 spiro atoms. The first-order valence-electron chi connectivity index (χ1n) is 4.19. The third-order valence-electron chi connectivity index (χ3n) is 1.75. The summed E-state index contributed by atoms with van der Waals surface area (Å²) in [5.41, 5.74) is -0.0675. The van der Waals surface area contributed by atoms with Crippen molar-refractivity contribution in [2.45, 2.75) is 0 Å². The summed E-state index contributed by atoms with van der Waals surface area (Å²) in [5, 5.41) is 8.73. The molecule has 0 amide bonds. The summed E-state index contributed by atoms with van der Waals surface area (Å²) in [6.07, 6.45) is 0. The van der Waals surface area contributed by atoms with Gasteiger partial charge in [0, 0.05) is 0 Å². The first-order chi connectivity index (χ1) is 7.89. The molecule has 1 aromatic carbocycles. The molecule has 0 aliphatic rings. The standard InChI is InChI=1S/C8H9NO7S/c1-14-7-4-5(8(10)11)2-3-6(7)15-17(12,13)16-9/h2-4H,1,9H3/p+1.